The van der Waals surface area contributed by atoms with Crippen LogP contribution in [0.3, 0.4) is 0 Å². The van der Waals surface area contributed by atoms with Crippen LogP contribution in [0.15, 0.2) is 54.6 Å². The molecule has 2 aromatic carbocycles. The second kappa shape index (κ2) is 9.85. The van der Waals surface area contributed by atoms with Gasteiger partial charge in [0, 0.05) is 43.7 Å². The minimum Gasteiger partial charge on any atom is -0.319 e. The Hall–Kier alpha value is -4.14. The Kier molecular flexibility index (Phi) is 6.83. The molecule has 2 heterocycles. The molecule has 1 fully saturated rings. The predicted octanol–water partition coefficient (Wildman–Crippen LogP) is 5.03. The van der Waals surface area contributed by atoms with Crippen LogP contribution in [0.2, 0.25) is 0 Å². The summed E-state index contributed by atoms with van der Waals surface area (Å²) >= 11 is 0. The lowest BCUT2D eigenvalue weighted by Crippen LogP contribution is -2.52. The molecule has 9 nitrogen and oxygen atoms in total. The molecule has 188 valence electrons. The second-order valence-electron chi connectivity index (χ2n) is 10.0. The largest absolute Gasteiger partial charge is 0.331 e. The number of carbonyl (C=O) groups excluding carboxylic acids is 3. The van der Waals surface area contributed by atoms with Gasteiger partial charge in [0.1, 0.15) is 5.82 Å². The zero-order valence-corrected chi connectivity index (χ0v) is 21.3. The van der Waals surface area contributed by atoms with Gasteiger partial charge < -0.3 is 10.2 Å². The Morgan fingerprint density at radius 3 is 2.36 bits per heavy atom. The summed E-state index contributed by atoms with van der Waals surface area (Å²) in [7, 11) is 1.79. The lowest BCUT2D eigenvalue weighted by molar-refractivity contribution is -0.119. The number of anilines is 3. The van der Waals surface area contributed by atoms with Crippen LogP contribution in [-0.4, -0.2) is 39.2 Å². The quantitative estimate of drug-likeness (QED) is 0.526. The average Bonchev–Trinajstić information content (AvgIpc) is 3.19. The molecule has 0 unspecified atom stereocenters. The first kappa shape index (κ1) is 25.0. The number of aromatic nitrogens is 2. The number of nitrogens with one attached hydrogen (secondary N) is 2. The molecule has 0 saturated carbocycles. The van der Waals surface area contributed by atoms with E-state index in [1.807, 2.05) is 43.3 Å². The highest BCUT2D eigenvalue weighted by atomic mass is 16.2. The van der Waals surface area contributed by atoms with E-state index in [0.717, 1.165) is 16.8 Å². The van der Waals surface area contributed by atoms with Crippen molar-refractivity contribution in [3.8, 4) is 0 Å². The van der Waals surface area contributed by atoms with Crippen molar-refractivity contribution in [2.75, 3.05) is 22.1 Å². The van der Waals surface area contributed by atoms with Crippen LogP contribution < -0.4 is 15.5 Å². The monoisotopic (exact) mass is 488 g/mol. The van der Waals surface area contributed by atoms with E-state index in [0.29, 0.717) is 30.3 Å². The van der Waals surface area contributed by atoms with Crippen molar-refractivity contribution in [3.63, 3.8) is 0 Å². The third kappa shape index (κ3) is 5.40. The molecular formula is C27H32N6O3. The van der Waals surface area contributed by atoms with Crippen molar-refractivity contribution in [3.05, 3.63) is 71.4 Å². The first-order chi connectivity index (χ1) is 17.0. The maximum atomic E-state index is 13.1. The van der Waals surface area contributed by atoms with Crippen molar-refractivity contribution in [1.82, 2.24) is 14.7 Å². The molecule has 1 aliphatic heterocycles. The lowest BCUT2D eigenvalue weighted by Gasteiger charge is -2.34. The molecule has 0 aliphatic carbocycles. The topological polar surface area (TPSA) is 99.6 Å². The average molecular weight is 489 g/mol. The number of aryl methyl sites for hydroxylation is 2. The molecule has 36 heavy (non-hydrogen) atoms. The van der Waals surface area contributed by atoms with Gasteiger partial charge in [-0.05, 0) is 36.2 Å². The molecule has 0 atom stereocenters. The van der Waals surface area contributed by atoms with Gasteiger partial charge >= 0.3 is 12.1 Å². The molecule has 3 aromatic rings. The fourth-order valence-electron chi connectivity index (χ4n) is 4.03. The van der Waals surface area contributed by atoms with E-state index in [4.69, 9.17) is 0 Å². The molecule has 1 aliphatic rings. The number of rotatable bonds is 5. The zero-order chi connectivity index (χ0) is 26.0. The number of urea groups is 2. The van der Waals surface area contributed by atoms with Gasteiger partial charge in [-0.25, -0.2) is 14.5 Å². The molecule has 0 bridgehead atoms. The van der Waals surface area contributed by atoms with Gasteiger partial charge in [0.05, 0.1) is 11.4 Å². The molecule has 4 rings (SSSR count). The third-order valence-corrected chi connectivity index (χ3v) is 6.14. The van der Waals surface area contributed by atoms with Gasteiger partial charge in [-0.3, -0.25) is 14.8 Å². The summed E-state index contributed by atoms with van der Waals surface area (Å²) in [5.41, 5.74) is 3.77. The Morgan fingerprint density at radius 1 is 1.03 bits per heavy atom. The van der Waals surface area contributed by atoms with E-state index in [1.165, 1.54) is 4.90 Å². The van der Waals surface area contributed by atoms with E-state index in [2.05, 4.69) is 36.5 Å². The maximum absolute atomic E-state index is 13.1. The van der Waals surface area contributed by atoms with Crippen LogP contribution in [0.1, 0.15) is 44.0 Å². The Balaban J connectivity index is 1.38. The normalized spacial score (nSPS) is 14.2. The van der Waals surface area contributed by atoms with Gasteiger partial charge in [-0.15, -0.1) is 0 Å². The number of hydrogen-bond acceptors (Lipinski definition) is 4. The number of hydrogen-bond donors (Lipinski definition) is 2. The summed E-state index contributed by atoms with van der Waals surface area (Å²) < 4.78 is 1.64. The predicted molar refractivity (Wildman–Crippen MR) is 140 cm³/mol. The van der Waals surface area contributed by atoms with Gasteiger partial charge in [0.15, 0.2) is 0 Å². The Labute approximate surface area is 211 Å². The first-order valence-corrected chi connectivity index (χ1v) is 11.9. The molecule has 0 radical (unpaired) electrons. The smallest absolute Gasteiger partial charge is 0.319 e. The molecule has 2 N–H and O–H groups in total. The SMILES string of the molecule is Cc1ccccc1N1C(=O)CCN(Cc2ccc(NC(=O)Nc3cc(C(C)(C)C)nn3C)cc2)C1=O. The summed E-state index contributed by atoms with van der Waals surface area (Å²) in [6.07, 6.45) is 0.269. The number of amides is 5. The number of para-hydroxylation sites is 1. The lowest BCUT2D eigenvalue weighted by atomic mass is 9.92. The van der Waals surface area contributed by atoms with Crippen molar-refractivity contribution < 1.29 is 14.4 Å². The van der Waals surface area contributed by atoms with E-state index in [-0.39, 0.29) is 29.8 Å². The Bertz CT molecular complexity index is 1290. The molecule has 1 saturated heterocycles. The van der Waals surface area contributed by atoms with Crippen molar-refractivity contribution >= 4 is 35.2 Å². The van der Waals surface area contributed by atoms with E-state index >= 15 is 0 Å². The van der Waals surface area contributed by atoms with Crippen LogP contribution in [-0.2, 0) is 23.8 Å². The van der Waals surface area contributed by atoms with Crippen LogP contribution in [0.4, 0.5) is 26.8 Å². The minimum atomic E-state index is -0.371. The number of benzene rings is 2. The number of nitrogens with zero attached hydrogens (tertiary/aromatic N) is 4. The maximum Gasteiger partial charge on any atom is 0.331 e. The van der Waals surface area contributed by atoms with E-state index < -0.39 is 0 Å². The highest BCUT2D eigenvalue weighted by Crippen LogP contribution is 2.26. The van der Waals surface area contributed by atoms with Gasteiger partial charge in [-0.1, -0.05) is 51.1 Å². The molecular weight excluding hydrogens is 456 g/mol. The number of carbonyl (C=O) groups is 3. The van der Waals surface area contributed by atoms with Gasteiger partial charge in [0.25, 0.3) is 0 Å². The van der Waals surface area contributed by atoms with E-state index in [9.17, 15) is 14.4 Å². The summed E-state index contributed by atoms with van der Waals surface area (Å²) in [6.45, 7) is 8.81. The van der Waals surface area contributed by atoms with Crippen molar-refractivity contribution in [2.24, 2.45) is 7.05 Å². The molecule has 1 aromatic heterocycles. The van der Waals surface area contributed by atoms with Crippen molar-refractivity contribution in [1.29, 1.82) is 0 Å². The first-order valence-electron chi connectivity index (χ1n) is 11.9. The van der Waals surface area contributed by atoms with Crippen LogP contribution in [0, 0.1) is 6.92 Å². The van der Waals surface area contributed by atoms with Crippen LogP contribution >= 0.6 is 0 Å². The van der Waals surface area contributed by atoms with E-state index in [1.54, 1.807) is 34.8 Å². The van der Waals surface area contributed by atoms with Crippen LogP contribution in [0.25, 0.3) is 0 Å². The summed E-state index contributed by atoms with van der Waals surface area (Å²) in [6, 6.07) is 15.8. The van der Waals surface area contributed by atoms with Crippen LogP contribution in [0.5, 0.6) is 0 Å². The zero-order valence-electron chi connectivity index (χ0n) is 21.3. The van der Waals surface area contributed by atoms with Gasteiger partial charge in [-0.2, -0.15) is 5.10 Å². The molecule has 5 amide bonds. The summed E-state index contributed by atoms with van der Waals surface area (Å²) in [4.78, 5) is 41.1. The second-order valence-corrected chi connectivity index (χ2v) is 10.0. The summed E-state index contributed by atoms with van der Waals surface area (Å²) in [5.74, 6) is 0.407. The molecule has 0 spiro atoms. The molecule has 9 heteroatoms. The minimum absolute atomic E-state index is 0.121. The van der Waals surface area contributed by atoms with Gasteiger partial charge in [0.2, 0.25) is 5.91 Å². The standard InChI is InChI=1S/C27H32N6O3/c1-18-8-6-7-9-21(18)33-24(34)14-15-32(26(33)36)17-19-10-12-20(13-11-19)28-25(35)29-23-16-22(27(2,3)4)30-31(23)5/h6-13,16H,14-15,17H2,1-5H3,(H2,28,29,35). The highest BCUT2D eigenvalue weighted by molar-refractivity contribution is 6.16. The highest BCUT2D eigenvalue weighted by Gasteiger charge is 2.33. The van der Waals surface area contributed by atoms with Crippen molar-refractivity contribution in [2.45, 2.75) is 46.1 Å². The fourth-order valence-corrected chi connectivity index (χ4v) is 4.03. The third-order valence-electron chi connectivity index (χ3n) is 6.14. The summed E-state index contributed by atoms with van der Waals surface area (Å²) in [5, 5.41) is 10.1. The fraction of sp³-hybridized carbons (Fsp3) is 0.333. The number of imide groups is 1. The Morgan fingerprint density at radius 2 is 1.72 bits per heavy atom.